The van der Waals surface area contributed by atoms with E-state index in [1.54, 1.807) is 0 Å². The van der Waals surface area contributed by atoms with Crippen LogP contribution >= 0.6 is 0 Å². The van der Waals surface area contributed by atoms with Crippen molar-refractivity contribution in [3.8, 4) is 0 Å². The Morgan fingerprint density at radius 2 is 2.00 bits per heavy atom. The summed E-state index contributed by atoms with van der Waals surface area (Å²) < 4.78 is 2.42. The van der Waals surface area contributed by atoms with E-state index in [9.17, 15) is 4.79 Å². The van der Waals surface area contributed by atoms with Gasteiger partial charge in [-0.15, -0.1) is 0 Å². The third kappa shape index (κ3) is 4.40. The fourth-order valence-corrected chi connectivity index (χ4v) is 4.44. The van der Waals surface area contributed by atoms with Crippen molar-refractivity contribution in [3.63, 3.8) is 0 Å². The summed E-state index contributed by atoms with van der Waals surface area (Å²) in [5.74, 6) is 2.43. The molecule has 0 bridgehead atoms. The van der Waals surface area contributed by atoms with Gasteiger partial charge in [-0.05, 0) is 50.5 Å². The largest absolute Gasteiger partial charge is 0.338 e. The zero-order chi connectivity index (χ0) is 19.3. The van der Waals surface area contributed by atoms with E-state index in [4.69, 9.17) is 4.98 Å². The van der Waals surface area contributed by atoms with Crippen LogP contribution in [-0.4, -0.2) is 40.1 Å². The van der Waals surface area contributed by atoms with E-state index in [1.165, 1.54) is 42.8 Å². The van der Waals surface area contributed by atoms with Crippen molar-refractivity contribution >= 4 is 6.03 Å². The molecule has 1 aliphatic heterocycles. The van der Waals surface area contributed by atoms with Crippen molar-refractivity contribution in [2.24, 2.45) is 5.92 Å². The van der Waals surface area contributed by atoms with Gasteiger partial charge in [0.1, 0.15) is 5.82 Å². The maximum atomic E-state index is 12.6. The minimum atomic E-state index is 0.0854. The summed E-state index contributed by atoms with van der Waals surface area (Å²) in [6.45, 7) is 5.55. The smallest absolute Gasteiger partial charge is 0.317 e. The Kier molecular flexibility index (Phi) is 5.98. The summed E-state index contributed by atoms with van der Waals surface area (Å²) in [5, 5.41) is 3.11. The van der Waals surface area contributed by atoms with E-state index in [1.807, 2.05) is 29.3 Å². The Hall–Kier alpha value is -2.30. The third-order valence-electron chi connectivity index (χ3n) is 6.34. The number of aryl methyl sites for hydroxylation is 1. The van der Waals surface area contributed by atoms with Gasteiger partial charge in [0.15, 0.2) is 0 Å². The van der Waals surface area contributed by atoms with E-state index >= 15 is 0 Å². The van der Waals surface area contributed by atoms with Gasteiger partial charge in [-0.2, -0.15) is 0 Å². The number of carbonyl (C=O) groups excluding carboxylic acids is 1. The molecule has 0 spiro atoms. The first kappa shape index (κ1) is 19.0. The number of imidazole rings is 1. The predicted octanol–water partition coefficient (Wildman–Crippen LogP) is 4.12. The van der Waals surface area contributed by atoms with Crippen LogP contribution in [0.4, 0.5) is 4.79 Å². The number of piperidine rings is 1. The molecule has 4 rings (SSSR count). The van der Waals surface area contributed by atoms with Gasteiger partial charge in [-0.25, -0.2) is 9.78 Å². The highest BCUT2D eigenvalue weighted by Gasteiger charge is 2.28. The van der Waals surface area contributed by atoms with Crippen LogP contribution < -0.4 is 5.32 Å². The summed E-state index contributed by atoms with van der Waals surface area (Å²) in [5.41, 5.74) is 2.52. The summed E-state index contributed by atoms with van der Waals surface area (Å²) in [4.78, 5) is 19.3. The number of amides is 2. The molecular weight excluding hydrogens is 348 g/mol. The van der Waals surface area contributed by atoms with E-state index < -0.39 is 0 Å². The monoisotopic (exact) mass is 380 g/mol. The summed E-state index contributed by atoms with van der Waals surface area (Å²) in [7, 11) is 0. The highest BCUT2D eigenvalue weighted by molar-refractivity contribution is 5.74. The molecule has 2 fully saturated rings. The Bertz CT molecular complexity index is 781. The van der Waals surface area contributed by atoms with Crippen LogP contribution in [0.3, 0.4) is 0 Å². The molecule has 1 saturated heterocycles. The first-order valence-electron chi connectivity index (χ1n) is 10.8. The van der Waals surface area contributed by atoms with Gasteiger partial charge in [0.25, 0.3) is 0 Å². The quantitative estimate of drug-likeness (QED) is 0.819. The van der Waals surface area contributed by atoms with Crippen LogP contribution in [0.15, 0.2) is 36.5 Å². The highest BCUT2D eigenvalue weighted by Crippen LogP contribution is 2.36. The van der Waals surface area contributed by atoms with Crippen LogP contribution in [0.25, 0.3) is 0 Å². The molecule has 28 heavy (non-hydrogen) atoms. The van der Waals surface area contributed by atoms with E-state index in [0.29, 0.717) is 18.4 Å². The Balaban J connectivity index is 1.29. The average molecular weight is 381 g/mol. The molecule has 1 aliphatic carbocycles. The Labute approximate surface area is 168 Å². The van der Waals surface area contributed by atoms with Gasteiger partial charge in [-0.1, -0.05) is 36.8 Å². The lowest BCUT2D eigenvalue weighted by molar-refractivity contribution is 0.158. The Morgan fingerprint density at radius 3 is 2.75 bits per heavy atom. The minimum Gasteiger partial charge on any atom is -0.338 e. The molecule has 5 nitrogen and oxygen atoms in total. The predicted molar refractivity (Wildman–Crippen MR) is 111 cm³/mol. The van der Waals surface area contributed by atoms with Crippen molar-refractivity contribution in [3.05, 3.63) is 53.6 Å². The number of nitrogens with zero attached hydrogens (tertiary/aromatic N) is 3. The zero-order valence-electron chi connectivity index (χ0n) is 16.9. The fraction of sp³-hybridized carbons (Fsp3) is 0.565. The van der Waals surface area contributed by atoms with Gasteiger partial charge in [0.05, 0.1) is 0 Å². The van der Waals surface area contributed by atoms with Crippen molar-refractivity contribution in [1.29, 1.82) is 0 Å². The molecule has 1 saturated carbocycles. The number of benzene rings is 1. The first-order chi connectivity index (χ1) is 13.7. The number of hydrogen-bond donors (Lipinski definition) is 1. The highest BCUT2D eigenvalue weighted by atomic mass is 16.2. The second kappa shape index (κ2) is 8.80. The number of rotatable bonds is 6. The topological polar surface area (TPSA) is 50.2 Å². The van der Waals surface area contributed by atoms with Crippen molar-refractivity contribution in [2.45, 2.75) is 57.9 Å². The van der Waals surface area contributed by atoms with Gasteiger partial charge in [0, 0.05) is 44.0 Å². The lowest BCUT2D eigenvalue weighted by Crippen LogP contribution is -2.46. The molecular formula is C23H32N4O. The molecule has 2 aromatic rings. The number of urea groups is 1. The maximum Gasteiger partial charge on any atom is 0.317 e. The van der Waals surface area contributed by atoms with Crippen LogP contribution in [0.2, 0.25) is 0 Å². The summed E-state index contributed by atoms with van der Waals surface area (Å²) in [6.07, 6.45) is 9.05. The van der Waals surface area contributed by atoms with Gasteiger partial charge in [-0.3, -0.25) is 0 Å². The van der Waals surface area contributed by atoms with Gasteiger partial charge < -0.3 is 14.8 Å². The number of aromatic nitrogens is 2. The number of hydrogen-bond acceptors (Lipinski definition) is 2. The molecule has 1 N–H and O–H groups in total. The molecule has 150 valence electrons. The summed E-state index contributed by atoms with van der Waals surface area (Å²) in [6, 6.07) is 10.4. The van der Waals surface area contributed by atoms with Crippen LogP contribution in [0, 0.1) is 12.8 Å². The SMILES string of the molecule is Cc1cnc(C2CCC2)n1CC1CCCN(C(=O)NCCc2ccccc2)C1. The van der Waals surface area contributed by atoms with E-state index in [0.717, 1.165) is 32.5 Å². The third-order valence-corrected chi connectivity index (χ3v) is 6.34. The minimum absolute atomic E-state index is 0.0854. The second-order valence-electron chi connectivity index (χ2n) is 8.42. The molecule has 2 aliphatic rings. The van der Waals surface area contributed by atoms with Crippen LogP contribution in [0.1, 0.15) is 55.1 Å². The molecule has 1 aromatic heterocycles. The lowest BCUT2D eigenvalue weighted by atomic mass is 9.84. The molecule has 1 atom stereocenters. The van der Waals surface area contributed by atoms with Crippen molar-refractivity contribution < 1.29 is 4.79 Å². The molecule has 2 heterocycles. The molecule has 0 radical (unpaired) electrons. The first-order valence-corrected chi connectivity index (χ1v) is 10.8. The fourth-order valence-electron chi connectivity index (χ4n) is 4.44. The van der Waals surface area contributed by atoms with Crippen molar-refractivity contribution in [1.82, 2.24) is 19.8 Å². The molecule has 1 unspecified atom stereocenters. The van der Waals surface area contributed by atoms with Crippen LogP contribution in [0.5, 0.6) is 0 Å². The van der Waals surface area contributed by atoms with E-state index in [-0.39, 0.29) is 6.03 Å². The summed E-state index contributed by atoms with van der Waals surface area (Å²) >= 11 is 0. The van der Waals surface area contributed by atoms with Gasteiger partial charge >= 0.3 is 6.03 Å². The number of nitrogens with one attached hydrogen (secondary N) is 1. The standard InChI is InChI=1S/C23H32N4O/c1-18-15-25-22(21-10-5-11-21)27(18)17-20-9-6-14-26(16-20)23(28)24-13-12-19-7-3-2-4-8-19/h2-4,7-8,15,20-21H,5-6,9-14,16-17H2,1H3,(H,24,28). The van der Waals surface area contributed by atoms with E-state index in [2.05, 4.69) is 28.9 Å². The second-order valence-corrected chi connectivity index (χ2v) is 8.42. The van der Waals surface area contributed by atoms with Gasteiger partial charge in [0.2, 0.25) is 0 Å². The molecule has 5 heteroatoms. The molecule has 1 aromatic carbocycles. The molecule has 2 amide bonds. The number of likely N-dealkylation sites (tertiary alicyclic amines) is 1. The Morgan fingerprint density at radius 1 is 1.18 bits per heavy atom. The average Bonchev–Trinajstić information content (AvgIpc) is 3.02. The zero-order valence-corrected chi connectivity index (χ0v) is 16.9. The lowest BCUT2D eigenvalue weighted by Gasteiger charge is -2.34. The van der Waals surface area contributed by atoms with Crippen molar-refractivity contribution in [2.75, 3.05) is 19.6 Å². The van der Waals surface area contributed by atoms with Crippen LogP contribution in [-0.2, 0) is 13.0 Å². The maximum absolute atomic E-state index is 12.6. The normalized spacial score (nSPS) is 20.0. The number of carbonyl (C=O) groups is 1.